The molecule has 1 amide bonds. The van der Waals surface area contributed by atoms with Gasteiger partial charge in [-0.3, -0.25) is 14.9 Å². The molecule has 0 fully saturated rings. The van der Waals surface area contributed by atoms with Crippen LogP contribution in [0, 0.1) is 16.0 Å². The van der Waals surface area contributed by atoms with E-state index in [9.17, 15) is 19.7 Å². The van der Waals surface area contributed by atoms with Gasteiger partial charge in [-0.1, -0.05) is 25.4 Å². The number of nitro benzene ring substituents is 1. The third-order valence-electron chi connectivity index (χ3n) is 2.71. The molecule has 0 saturated carbocycles. The van der Waals surface area contributed by atoms with Crippen LogP contribution in [-0.2, 0) is 4.79 Å². The van der Waals surface area contributed by atoms with Crippen LogP contribution >= 0.6 is 11.6 Å². The molecule has 0 bridgehead atoms. The number of carboxylic acids is 1. The minimum Gasteiger partial charge on any atom is -0.480 e. The van der Waals surface area contributed by atoms with Crippen LogP contribution in [0.3, 0.4) is 0 Å². The molecular formula is C13H15ClN2O5. The van der Waals surface area contributed by atoms with Crippen LogP contribution in [0.4, 0.5) is 5.69 Å². The van der Waals surface area contributed by atoms with E-state index in [1.165, 1.54) is 6.07 Å². The van der Waals surface area contributed by atoms with Gasteiger partial charge in [-0.15, -0.1) is 0 Å². The van der Waals surface area contributed by atoms with E-state index >= 15 is 0 Å². The van der Waals surface area contributed by atoms with Crippen molar-refractivity contribution in [1.29, 1.82) is 0 Å². The zero-order valence-electron chi connectivity index (χ0n) is 11.5. The summed E-state index contributed by atoms with van der Waals surface area (Å²) in [4.78, 5) is 33.4. The highest BCUT2D eigenvalue weighted by molar-refractivity contribution is 6.31. The molecule has 8 heteroatoms. The number of hydrogen-bond donors (Lipinski definition) is 2. The smallest absolute Gasteiger partial charge is 0.326 e. The number of aliphatic carboxylic acids is 1. The average molecular weight is 315 g/mol. The Morgan fingerprint density at radius 3 is 2.52 bits per heavy atom. The molecule has 0 aliphatic heterocycles. The fourth-order valence-electron chi connectivity index (χ4n) is 1.78. The predicted octanol–water partition coefficient (Wildman–Crippen LogP) is 2.48. The lowest BCUT2D eigenvalue weighted by molar-refractivity contribution is -0.385. The van der Waals surface area contributed by atoms with E-state index in [4.69, 9.17) is 16.7 Å². The van der Waals surface area contributed by atoms with Crippen LogP contribution in [0.1, 0.15) is 30.6 Å². The first-order valence-corrected chi connectivity index (χ1v) is 6.57. The number of benzene rings is 1. The van der Waals surface area contributed by atoms with Gasteiger partial charge in [-0.05, 0) is 24.5 Å². The molecule has 0 saturated heterocycles. The van der Waals surface area contributed by atoms with Gasteiger partial charge in [0.25, 0.3) is 11.6 Å². The summed E-state index contributed by atoms with van der Waals surface area (Å²) >= 11 is 5.73. The highest BCUT2D eigenvalue weighted by Gasteiger charge is 2.26. The third kappa shape index (κ3) is 4.71. The van der Waals surface area contributed by atoms with E-state index in [-0.39, 0.29) is 22.9 Å². The maximum Gasteiger partial charge on any atom is 0.326 e. The van der Waals surface area contributed by atoms with E-state index in [2.05, 4.69) is 5.32 Å². The van der Waals surface area contributed by atoms with Gasteiger partial charge >= 0.3 is 5.97 Å². The van der Waals surface area contributed by atoms with Crippen molar-refractivity contribution in [3.05, 3.63) is 38.9 Å². The fourth-order valence-corrected chi connectivity index (χ4v) is 1.95. The second-order valence-electron chi connectivity index (χ2n) is 4.91. The van der Waals surface area contributed by atoms with Crippen molar-refractivity contribution in [2.45, 2.75) is 26.3 Å². The molecule has 1 aromatic rings. The van der Waals surface area contributed by atoms with Crippen molar-refractivity contribution < 1.29 is 19.6 Å². The molecule has 1 rings (SSSR count). The third-order valence-corrected chi connectivity index (χ3v) is 2.95. The Morgan fingerprint density at radius 1 is 1.43 bits per heavy atom. The van der Waals surface area contributed by atoms with Gasteiger partial charge in [-0.25, -0.2) is 4.79 Å². The molecule has 0 aliphatic rings. The number of carbonyl (C=O) groups excluding carboxylic acids is 1. The summed E-state index contributed by atoms with van der Waals surface area (Å²) in [7, 11) is 0. The summed E-state index contributed by atoms with van der Waals surface area (Å²) in [6, 6.07) is 2.42. The molecule has 0 aromatic heterocycles. The van der Waals surface area contributed by atoms with Crippen molar-refractivity contribution in [2.75, 3.05) is 0 Å². The molecule has 21 heavy (non-hydrogen) atoms. The standard InChI is InChI=1S/C13H15ClN2O5/c1-7(2)5-10(13(18)19)15-12(17)9-6-8(14)3-4-11(9)16(20)21/h3-4,6-7,10H,5H2,1-2H3,(H,15,17)(H,18,19). The van der Waals surface area contributed by atoms with Gasteiger partial charge in [0.05, 0.1) is 4.92 Å². The summed E-state index contributed by atoms with van der Waals surface area (Å²) < 4.78 is 0. The topological polar surface area (TPSA) is 110 Å². The Kier molecular flexibility index (Phi) is 5.66. The number of rotatable bonds is 6. The summed E-state index contributed by atoms with van der Waals surface area (Å²) in [5.41, 5.74) is -0.687. The molecule has 2 N–H and O–H groups in total. The minimum atomic E-state index is -1.19. The van der Waals surface area contributed by atoms with E-state index < -0.39 is 28.5 Å². The van der Waals surface area contributed by atoms with Crippen molar-refractivity contribution in [1.82, 2.24) is 5.32 Å². The first-order chi connectivity index (χ1) is 9.72. The van der Waals surface area contributed by atoms with Crippen LogP contribution in [0.15, 0.2) is 18.2 Å². The number of nitrogens with one attached hydrogen (secondary N) is 1. The molecule has 0 heterocycles. The second-order valence-corrected chi connectivity index (χ2v) is 5.35. The molecule has 0 radical (unpaired) electrons. The van der Waals surface area contributed by atoms with Crippen molar-refractivity contribution in [3.8, 4) is 0 Å². The number of carboxylic acid groups (broad SMARTS) is 1. The first kappa shape index (κ1) is 16.9. The minimum absolute atomic E-state index is 0.0424. The largest absolute Gasteiger partial charge is 0.480 e. The molecule has 7 nitrogen and oxygen atoms in total. The summed E-state index contributed by atoms with van der Waals surface area (Å²) in [6.07, 6.45) is 0.218. The quantitative estimate of drug-likeness (QED) is 0.619. The number of nitro groups is 1. The van der Waals surface area contributed by atoms with Crippen LogP contribution in [0.25, 0.3) is 0 Å². The summed E-state index contributed by atoms with van der Waals surface area (Å²) in [5, 5.41) is 22.4. The van der Waals surface area contributed by atoms with E-state index in [0.717, 1.165) is 12.1 Å². The van der Waals surface area contributed by atoms with Crippen molar-refractivity contribution >= 4 is 29.2 Å². The molecule has 114 valence electrons. The van der Waals surface area contributed by atoms with Gasteiger partial charge in [0.1, 0.15) is 11.6 Å². The zero-order valence-corrected chi connectivity index (χ0v) is 12.3. The normalized spacial score (nSPS) is 12.0. The van der Waals surface area contributed by atoms with Crippen LogP contribution in [-0.4, -0.2) is 27.9 Å². The van der Waals surface area contributed by atoms with E-state index in [1.54, 1.807) is 0 Å². The predicted molar refractivity (Wildman–Crippen MR) is 76.5 cm³/mol. The average Bonchev–Trinajstić information content (AvgIpc) is 2.36. The molecule has 1 unspecified atom stereocenters. The van der Waals surface area contributed by atoms with Gasteiger partial charge in [0.2, 0.25) is 0 Å². The molecule has 0 aliphatic carbocycles. The Labute approximate surface area is 126 Å². The fraction of sp³-hybridized carbons (Fsp3) is 0.385. The van der Waals surface area contributed by atoms with Gasteiger partial charge < -0.3 is 10.4 Å². The first-order valence-electron chi connectivity index (χ1n) is 6.20. The lowest BCUT2D eigenvalue weighted by atomic mass is 10.0. The van der Waals surface area contributed by atoms with Crippen LogP contribution in [0.2, 0.25) is 5.02 Å². The molecule has 1 aromatic carbocycles. The van der Waals surface area contributed by atoms with Crippen LogP contribution in [0.5, 0.6) is 0 Å². The Morgan fingerprint density at radius 2 is 2.05 bits per heavy atom. The number of nitrogens with zero attached hydrogens (tertiary/aromatic N) is 1. The Hall–Kier alpha value is -2.15. The SMILES string of the molecule is CC(C)CC(NC(=O)c1cc(Cl)ccc1[N+](=O)[O-])C(=O)O. The maximum atomic E-state index is 12.1. The number of amides is 1. The van der Waals surface area contributed by atoms with E-state index in [0.29, 0.717) is 0 Å². The van der Waals surface area contributed by atoms with Gasteiger partial charge in [0, 0.05) is 11.1 Å². The highest BCUT2D eigenvalue weighted by atomic mass is 35.5. The molecule has 1 atom stereocenters. The van der Waals surface area contributed by atoms with Crippen LogP contribution < -0.4 is 5.32 Å². The summed E-state index contributed by atoms with van der Waals surface area (Å²) in [6.45, 7) is 3.62. The summed E-state index contributed by atoms with van der Waals surface area (Å²) in [5.74, 6) is -1.99. The van der Waals surface area contributed by atoms with Gasteiger partial charge in [-0.2, -0.15) is 0 Å². The highest BCUT2D eigenvalue weighted by Crippen LogP contribution is 2.23. The van der Waals surface area contributed by atoms with E-state index in [1.807, 2.05) is 13.8 Å². The Balaban J connectivity index is 3.05. The van der Waals surface area contributed by atoms with Crippen molar-refractivity contribution in [3.63, 3.8) is 0 Å². The number of carbonyl (C=O) groups is 2. The second kappa shape index (κ2) is 7.03. The lowest BCUT2D eigenvalue weighted by Gasteiger charge is -2.16. The number of halogens is 1. The molecular weight excluding hydrogens is 300 g/mol. The number of hydrogen-bond acceptors (Lipinski definition) is 4. The zero-order chi connectivity index (χ0) is 16.2. The monoisotopic (exact) mass is 314 g/mol. The lowest BCUT2D eigenvalue weighted by Crippen LogP contribution is -2.41. The van der Waals surface area contributed by atoms with Gasteiger partial charge in [0.15, 0.2) is 0 Å². The van der Waals surface area contributed by atoms with Crippen molar-refractivity contribution in [2.24, 2.45) is 5.92 Å². The maximum absolute atomic E-state index is 12.1. The Bertz CT molecular complexity index is 574. The molecule has 0 spiro atoms.